The molecule has 0 spiro atoms. The molecule has 116 valence electrons. The normalized spacial score (nSPS) is 10.4. The second kappa shape index (κ2) is 7.32. The number of rotatable bonds is 6. The fourth-order valence-corrected chi connectivity index (χ4v) is 1.77. The van der Waals surface area contributed by atoms with Crippen LogP contribution in [0.1, 0.15) is 23.3 Å². The van der Waals surface area contributed by atoms with E-state index in [1.165, 1.54) is 6.20 Å². The fraction of sp³-hybridized carbons (Fsp3) is 0.286. The smallest absolute Gasteiger partial charge is 0.294 e. The van der Waals surface area contributed by atoms with Gasteiger partial charge in [0.2, 0.25) is 5.75 Å². The number of nitrogens with one attached hydrogen (secondary N) is 2. The highest BCUT2D eigenvalue weighted by Gasteiger charge is 2.18. The number of aliphatic hydroxyl groups excluding tert-OH is 1. The van der Waals surface area contributed by atoms with Gasteiger partial charge >= 0.3 is 0 Å². The van der Waals surface area contributed by atoms with Crippen LogP contribution in [0.5, 0.6) is 5.75 Å². The molecule has 0 radical (unpaired) electrons. The zero-order chi connectivity index (χ0) is 15.9. The number of amides is 1. The second-order valence-electron chi connectivity index (χ2n) is 4.51. The Morgan fingerprint density at radius 2 is 2.14 bits per heavy atom. The number of hydrogen-bond donors (Lipinski definition) is 4. The quantitative estimate of drug-likeness (QED) is 0.558. The lowest BCUT2D eigenvalue weighted by atomic mass is 10.3. The first-order valence-electron chi connectivity index (χ1n) is 6.77. The first kappa shape index (κ1) is 15.6. The van der Waals surface area contributed by atoms with Gasteiger partial charge in [-0.05, 0) is 25.0 Å². The zero-order valence-electron chi connectivity index (χ0n) is 11.7. The Labute approximate surface area is 125 Å². The van der Waals surface area contributed by atoms with Crippen molar-refractivity contribution in [3.05, 3.63) is 40.4 Å². The number of aromatic nitrogens is 3. The van der Waals surface area contributed by atoms with E-state index in [-0.39, 0.29) is 18.1 Å². The average Bonchev–Trinajstić information content (AvgIpc) is 2.54. The van der Waals surface area contributed by atoms with Gasteiger partial charge in [0.05, 0.1) is 0 Å². The summed E-state index contributed by atoms with van der Waals surface area (Å²) >= 11 is 0. The van der Waals surface area contributed by atoms with Crippen molar-refractivity contribution in [2.24, 2.45) is 0 Å². The first-order valence-corrected chi connectivity index (χ1v) is 6.77. The minimum atomic E-state index is -0.809. The summed E-state index contributed by atoms with van der Waals surface area (Å²) in [4.78, 5) is 34.1. The lowest BCUT2D eigenvalue weighted by Crippen LogP contribution is -2.28. The molecule has 2 rings (SSSR count). The number of unbranched alkanes of at least 4 members (excludes halogenated alkanes) is 1. The SMILES string of the molecule is O=C(NCCCCO)c1nc(-c2ccccn2)[nH]c(=O)c1O. The maximum Gasteiger partial charge on any atom is 0.294 e. The van der Waals surface area contributed by atoms with Crippen LogP contribution in [0.2, 0.25) is 0 Å². The molecule has 1 amide bonds. The van der Waals surface area contributed by atoms with E-state index in [9.17, 15) is 14.7 Å². The van der Waals surface area contributed by atoms with Crippen LogP contribution in [0.3, 0.4) is 0 Å². The fourth-order valence-electron chi connectivity index (χ4n) is 1.77. The Balaban J connectivity index is 2.26. The van der Waals surface area contributed by atoms with Gasteiger partial charge in [-0.3, -0.25) is 14.6 Å². The summed E-state index contributed by atoms with van der Waals surface area (Å²) < 4.78 is 0. The van der Waals surface area contributed by atoms with Gasteiger partial charge in [0.15, 0.2) is 11.5 Å². The molecule has 4 N–H and O–H groups in total. The highest BCUT2D eigenvalue weighted by molar-refractivity contribution is 5.95. The van der Waals surface area contributed by atoms with E-state index in [2.05, 4.69) is 20.3 Å². The molecule has 2 aromatic rings. The van der Waals surface area contributed by atoms with Crippen molar-refractivity contribution in [2.75, 3.05) is 13.2 Å². The van der Waals surface area contributed by atoms with E-state index in [0.29, 0.717) is 25.1 Å². The summed E-state index contributed by atoms with van der Waals surface area (Å²) in [6.45, 7) is 0.348. The van der Waals surface area contributed by atoms with Crippen molar-refractivity contribution in [1.29, 1.82) is 0 Å². The van der Waals surface area contributed by atoms with Gasteiger partial charge in [-0.2, -0.15) is 0 Å². The standard InChI is InChI=1S/C14H16N4O4/c19-8-4-3-7-16-13(21)10-11(20)14(22)18-12(17-10)9-5-1-2-6-15-9/h1-2,5-6,19-20H,3-4,7-8H2,(H,16,21)(H,17,18,22). The van der Waals surface area contributed by atoms with Crippen LogP contribution in [0.15, 0.2) is 29.2 Å². The predicted molar refractivity (Wildman–Crippen MR) is 78.4 cm³/mol. The lowest BCUT2D eigenvalue weighted by Gasteiger charge is -2.07. The lowest BCUT2D eigenvalue weighted by molar-refractivity contribution is 0.0943. The van der Waals surface area contributed by atoms with E-state index in [0.717, 1.165) is 0 Å². The van der Waals surface area contributed by atoms with Gasteiger partial charge < -0.3 is 20.5 Å². The Morgan fingerprint density at radius 3 is 2.82 bits per heavy atom. The van der Waals surface area contributed by atoms with Crippen LogP contribution in [-0.2, 0) is 0 Å². The highest BCUT2D eigenvalue weighted by Crippen LogP contribution is 2.14. The van der Waals surface area contributed by atoms with Gasteiger partial charge in [-0.1, -0.05) is 6.07 Å². The Hall–Kier alpha value is -2.74. The second-order valence-corrected chi connectivity index (χ2v) is 4.51. The molecule has 2 heterocycles. The maximum atomic E-state index is 12.0. The number of carbonyl (C=O) groups excluding carboxylic acids is 1. The summed E-state index contributed by atoms with van der Waals surface area (Å²) in [5, 5.41) is 20.9. The largest absolute Gasteiger partial charge is 0.501 e. The number of hydrogen-bond acceptors (Lipinski definition) is 6. The molecule has 0 saturated carbocycles. The van der Waals surface area contributed by atoms with E-state index < -0.39 is 17.2 Å². The molecule has 0 aliphatic carbocycles. The third-order valence-corrected chi connectivity index (χ3v) is 2.89. The van der Waals surface area contributed by atoms with E-state index >= 15 is 0 Å². The number of carbonyl (C=O) groups is 1. The van der Waals surface area contributed by atoms with Crippen LogP contribution in [0.4, 0.5) is 0 Å². The monoisotopic (exact) mass is 304 g/mol. The summed E-state index contributed by atoms with van der Waals surface area (Å²) in [7, 11) is 0. The molecule has 0 aliphatic rings. The summed E-state index contributed by atoms with van der Waals surface area (Å²) in [6.07, 6.45) is 2.66. The molecular weight excluding hydrogens is 288 g/mol. The molecule has 8 heteroatoms. The van der Waals surface area contributed by atoms with Crippen LogP contribution in [-0.4, -0.2) is 44.2 Å². The number of nitrogens with zero attached hydrogens (tertiary/aromatic N) is 2. The molecule has 22 heavy (non-hydrogen) atoms. The third-order valence-electron chi connectivity index (χ3n) is 2.89. The maximum absolute atomic E-state index is 12.0. The Morgan fingerprint density at radius 1 is 1.32 bits per heavy atom. The number of aromatic hydroxyl groups is 1. The molecule has 0 fully saturated rings. The van der Waals surface area contributed by atoms with Crippen molar-refractivity contribution >= 4 is 5.91 Å². The van der Waals surface area contributed by atoms with Gasteiger partial charge in [0.25, 0.3) is 11.5 Å². The van der Waals surface area contributed by atoms with Crippen LogP contribution in [0, 0.1) is 0 Å². The molecule has 0 atom stereocenters. The predicted octanol–water partition coefficient (Wildman–Crippen LogP) is 0.0398. The van der Waals surface area contributed by atoms with Crippen molar-refractivity contribution in [3.8, 4) is 17.3 Å². The molecule has 0 unspecified atom stereocenters. The average molecular weight is 304 g/mol. The van der Waals surface area contributed by atoms with Crippen LogP contribution in [0.25, 0.3) is 11.5 Å². The van der Waals surface area contributed by atoms with Gasteiger partial charge in [0, 0.05) is 19.3 Å². The van der Waals surface area contributed by atoms with Gasteiger partial charge in [-0.25, -0.2) is 4.98 Å². The number of aliphatic hydroxyl groups is 1. The molecule has 2 aromatic heterocycles. The van der Waals surface area contributed by atoms with E-state index in [4.69, 9.17) is 5.11 Å². The molecule has 8 nitrogen and oxygen atoms in total. The molecular formula is C14H16N4O4. The van der Waals surface area contributed by atoms with Crippen molar-refractivity contribution in [2.45, 2.75) is 12.8 Å². The molecule has 0 saturated heterocycles. The molecule has 0 aliphatic heterocycles. The Kier molecular flexibility index (Phi) is 5.21. The molecule has 0 aromatic carbocycles. The summed E-state index contributed by atoms with van der Waals surface area (Å²) in [5.41, 5.74) is -0.779. The van der Waals surface area contributed by atoms with Crippen molar-refractivity contribution in [1.82, 2.24) is 20.3 Å². The Bertz CT molecular complexity index is 700. The number of H-pyrrole nitrogens is 1. The highest BCUT2D eigenvalue weighted by atomic mass is 16.3. The van der Waals surface area contributed by atoms with Gasteiger partial charge in [-0.15, -0.1) is 0 Å². The van der Waals surface area contributed by atoms with Crippen molar-refractivity contribution < 1.29 is 15.0 Å². The summed E-state index contributed by atoms with van der Waals surface area (Å²) in [5.74, 6) is -1.29. The van der Waals surface area contributed by atoms with Crippen LogP contribution < -0.4 is 10.9 Å². The van der Waals surface area contributed by atoms with E-state index in [1.54, 1.807) is 18.2 Å². The minimum Gasteiger partial charge on any atom is -0.501 e. The zero-order valence-corrected chi connectivity index (χ0v) is 11.7. The molecule has 0 bridgehead atoms. The van der Waals surface area contributed by atoms with Gasteiger partial charge in [0.1, 0.15) is 5.69 Å². The third kappa shape index (κ3) is 3.67. The van der Waals surface area contributed by atoms with E-state index in [1.807, 2.05) is 0 Å². The first-order chi connectivity index (χ1) is 10.6. The summed E-state index contributed by atoms with van der Waals surface area (Å²) in [6, 6.07) is 5.04. The number of pyridine rings is 1. The van der Waals surface area contributed by atoms with Crippen molar-refractivity contribution in [3.63, 3.8) is 0 Å². The topological polar surface area (TPSA) is 128 Å². The number of aromatic amines is 1. The minimum absolute atomic E-state index is 0.0359. The van der Waals surface area contributed by atoms with Crippen LogP contribution >= 0.6 is 0 Å².